The highest BCUT2D eigenvalue weighted by molar-refractivity contribution is 7.11. The van der Waals surface area contributed by atoms with Gasteiger partial charge < -0.3 is 4.90 Å². The lowest BCUT2D eigenvalue weighted by molar-refractivity contribution is 0.235. The maximum absolute atomic E-state index is 4.19. The van der Waals surface area contributed by atoms with E-state index in [1.54, 1.807) is 11.3 Å². The summed E-state index contributed by atoms with van der Waals surface area (Å²) in [6.07, 6.45) is 1.33. The summed E-state index contributed by atoms with van der Waals surface area (Å²) in [6, 6.07) is 0.686. The summed E-state index contributed by atoms with van der Waals surface area (Å²) in [5.41, 5.74) is 0. The Balaban J connectivity index is 1.76. The lowest BCUT2D eigenvalue weighted by Gasteiger charge is -2.22. The minimum Gasteiger partial charge on any atom is -0.301 e. The Kier molecular flexibility index (Phi) is 4.70. The first-order chi connectivity index (χ1) is 8.54. The number of hydrogen-bond donors (Lipinski definition) is 0. The van der Waals surface area contributed by atoms with Crippen molar-refractivity contribution in [2.24, 2.45) is 5.92 Å². The van der Waals surface area contributed by atoms with Gasteiger partial charge in [-0.25, -0.2) is 0 Å². The monoisotopic (exact) mass is 268 g/mol. The van der Waals surface area contributed by atoms with Crippen LogP contribution in [0.4, 0.5) is 0 Å². The van der Waals surface area contributed by atoms with Gasteiger partial charge in [-0.1, -0.05) is 0 Å². The number of likely N-dealkylation sites (tertiary alicyclic amines) is 1. The number of aryl methyl sites for hydroxylation is 1. The normalized spacial score (nSPS) is 21.3. The van der Waals surface area contributed by atoms with Crippen molar-refractivity contribution in [2.75, 3.05) is 26.7 Å². The van der Waals surface area contributed by atoms with Gasteiger partial charge in [-0.2, -0.15) is 0 Å². The highest BCUT2D eigenvalue weighted by atomic mass is 32.1. The van der Waals surface area contributed by atoms with E-state index in [-0.39, 0.29) is 0 Å². The summed E-state index contributed by atoms with van der Waals surface area (Å²) in [5.74, 6) is 0.811. The Morgan fingerprint density at radius 3 is 2.78 bits per heavy atom. The van der Waals surface area contributed by atoms with E-state index in [1.165, 1.54) is 26.1 Å². The molecule has 1 atom stereocenters. The van der Waals surface area contributed by atoms with Crippen molar-refractivity contribution in [1.82, 2.24) is 20.0 Å². The van der Waals surface area contributed by atoms with E-state index in [1.807, 2.05) is 6.92 Å². The van der Waals surface area contributed by atoms with Crippen LogP contribution in [-0.4, -0.2) is 52.7 Å². The highest BCUT2D eigenvalue weighted by Gasteiger charge is 2.25. The summed E-state index contributed by atoms with van der Waals surface area (Å²) in [7, 11) is 2.19. The van der Waals surface area contributed by atoms with Crippen LogP contribution in [0.5, 0.6) is 0 Å². The van der Waals surface area contributed by atoms with Crippen molar-refractivity contribution in [3.8, 4) is 0 Å². The van der Waals surface area contributed by atoms with Gasteiger partial charge in [0, 0.05) is 19.1 Å². The van der Waals surface area contributed by atoms with Gasteiger partial charge in [0.05, 0.1) is 6.54 Å². The van der Waals surface area contributed by atoms with Crippen LogP contribution in [0.3, 0.4) is 0 Å². The second-order valence-corrected chi connectivity index (χ2v) is 6.92. The Bertz CT molecular complexity index is 377. The lowest BCUT2D eigenvalue weighted by atomic mass is 10.1. The van der Waals surface area contributed by atoms with Crippen LogP contribution in [0.25, 0.3) is 0 Å². The molecule has 1 fully saturated rings. The quantitative estimate of drug-likeness (QED) is 0.818. The van der Waals surface area contributed by atoms with Crippen LogP contribution in [0.2, 0.25) is 0 Å². The fraction of sp³-hybridized carbons (Fsp3) is 0.846. The van der Waals surface area contributed by atoms with Gasteiger partial charge >= 0.3 is 0 Å². The molecular weight excluding hydrogens is 244 g/mol. The van der Waals surface area contributed by atoms with Crippen molar-refractivity contribution in [3.63, 3.8) is 0 Å². The van der Waals surface area contributed by atoms with Gasteiger partial charge in [-0.3, -0.25) is 4.90 Å². The van der Waals surface area contributed by atoms with E-state index in [2.05, 4.69) is 40.9 Å². The predicted molar refractivity (Wildman–Crippen MR) is 75.8 cm³/mol. The van der Waals surface area contributed by atoms with Gasteiger partial charge in [0.15, 0.2) is 0 Å². The average Bonchev–Trinajstić information content (AvgIpc) is 2.88. The largest absolute Gasteiger partial charge is 0.301 e. The molecule has 1 saturated heterocycles. The molecule has 0 N–H and O–H groups in total. The molecule has 102 valence electrons. The topological polar surface area (TPSA) is 32.3 Å². The third-order valence-electron chi connectivity index (χ3n) is 3.59. The number of nitrogens with zero attached hydrogens (tertiary/aromatic N) is 4. The highest BCUT2D eigenvalue weighted by Crippen LogP contribution is 2.20. The van der Waals surface area contributed by atoms with Gasteiger partial charge in [-0.05, 0) is 46.7 Å². The number of hydrogen-bond acceptors (Lipinski definition) is 5. The van der Waals surface area contributed by atoms with E-state index in [4.69, 9.17) is 0 Å². The molecule has 5 heteroatoms. The summed E-state index contributed by atoms with van der Waals surface area (Å²) >= 11 is 1.71. The first-order valence-corrected chi connectivity index (χ1v) is 7.58. The summed E-state index contributed by atoms with van der Waals surface area (Å²) in [6.45, 7) is 11.2. The molecule has 0 radical (unpaired) electrons. The maximum atomic E-state index is 4.19. The molecular formula is C13H24N4S. The Morgan fingerprint density at radius 1 is 1.44 bits per heavy atom. The van der Waals surface area contributed by atoms with Crippen molar-refractivity contribution in [1.29, 1.82) is 0 Å². The Morgan fingerprint density at radius 2 is 2.22 bits per heavy atom. The summed E-state index contributed by atoms with van der Waals surface area (Å²) in [4.78, 5) is 4.96. The molecule has 1 aliphatic rings. The van der Waals surface area contributed by atoms with Crippen molar-refractivity contribution >= 4 is 11.3 Å². The number of aromatic nitrogens is 2. The predicted octanol–water partition coefficient (Wildman–Crippen LogP) is 2.01. The molecule has 0 unspecified atom stereocenters. The van der Waals surface area contributed by atoms with Crippen LogP contribution >= 0.6 is 11.3 Å². The Labute approximate surface area is 114 Å². The molecule has 4 nitrogen and oxygen atoms in total. The van der Waals surface area contributed by atoms with Crippen LogP contribution in [0.15, 0.2) is 0 Å². The molecule has 1 aromatic rings. The van der Waals surface area contributed by atoms with E-state index in [0.29, 0.717) is 6.04 Å². The zero-order valence-electron chi connectivity index (χ0n) is 11.9. The molecule has 1 aromatic heterocycles. The van der Waals surface area contributed by atoms with E-state index >= 15 is 0 Å². The third kappa shape index (κ3) is 3.73. The first-order valence-electron chi connectivity index (χ1n) is 6.76. The zero-order chi connectivity index (χ0) is 13.1. The van der Waals surface area contributed by atoms with Crippen molar-refractivity contribution in [2.45, 2.75) is 39.8 Å². The summed E-state index contributed by atoms with van der Waals surface area (Å²) < 4.78 is 0. The second kappa shape index (κ2) is 6.08. The molecule has 1 aliphatic heterocycles. The molecule has 0 aromatic carbocycles. The number of rotatable bonds is 5. The van der Waals surface area contributed by atoms with E-state index in [9.17, 15) is 0 Å². The SMILES string of the molecule is Cc1nnc(CN(C)C[C@@H]2CCN(C(C)C)C2)s1. The van der Waals surface area contributed by atoms with Crippen LogP contribution in [-0.2, 0) is 6.54 Å². The van der Waals surface area contributed by atoms with Crippen molar-refractivity contribution in [3.05, 3.63) is 10.0 Å². The van der Waals surface area contributed by atoms with Gasteiger partial charge in [0.2, 0.25) is 0 Å². The van der Waals surface area contributed by atoms with Crippen LogP contribution < -0.4 is 0 Å². The van der Waals surface area contributed by atoms with Gasteiger partial charge in [-0.15, -0.1) is 21.5 Å². The Hall–Kier alpha value is -0.520. The standard InChI is InChI=1S/C13H24N4S/c1-10(2)17-6-5-12(8-17)7-16(4)9-13-15-14-11(3)18-13/h10,12H,5-9H2,1-4H3/t12-/m0/s1. The van der Waals surface area contributed by atoms with Gasteiger partial charge in [0.25, 0.3) is 0 Å². The third-order valence-corrected chi connectivity index (χ3v) is 4.41. The maximum Gasteiger partial charge on any atom is 0.131 e. The minimum atomic E-state index is 0.686. The molecule has 2 rings (SSSR count). The minimum absolute atomic E-state index is 0.686. The molecule has 0 bridgehead atoms. The van der Waals surface area contributed by atoms with E-state index in [0.717, 1.165) is 22.5 Å². The molecule has 0 aliphatic carbocycles. The molecule has 2 heterocycles. The summed E-state index contributed by atoms with van der Waals surface area (Å²) in [5, 5.41) is 10.5. The average molecular weight is 268 g/mol. The molecule has 0 spiro atoms. The first kappa shape index (κ1) is 13.9. The van der Waals surface area contributed by atoms with Crippen LogP contribution in [0.1, 0.15) is 30.3 Å². The zero-order valence-corrected chi connectivity index (χ0v) is 12.7. The fourth-order valence-electron chi connectivity index (χ4n) is 2.62. The van der Waals surface area contributed by atoms with Crippen molar-refractivity contribution < 1.29 is 0 Å². The smallest absolute Gasteiger partial charge is 0.131 e. The second-order valence-electron chi connectivity index (χ2n) is 5.65. The molecule has 18 heavy (non-hydrogen) atoms. The fourth-order valence-corrected chi connectivity index (χ4v) is 3.41. The van der Waals surface area contributed by atoms with Crippen LogP contribution in [0, 0.1) is 12.8 Å². The van der Waals surface area contributed by atoms with E-state index < -0.39 is 0 Å². The van der Waals surface area contributed by atoms with Gasteiger partial charge in [0.1, 0.15) is 10.0 Å². The molecule has 0 amide bonds. The molecule has 0 saturated carbocycles. The lowest BCUT2D eigenvalue weighted by Crippen LogP contribution is -2.31.